The van der Waals surface area contributed by atoms with Crippen LogP contribution in [-0.4, -0.2) is 41.8 Å². The number of rotatable bonds is 9. The van der Waals surface area contributed by atoms with E-state index in [1.807, 2.05) is 26.0 Å². The van der Waals surface area contributed by atoms with Gasteiger partial charge >= 0.3 is 0 Å². The third-order valence-electron chi connectivity index (χ3n) is 4.67. The highest BCUT2D eigenvalue weighted by Crippen LogP contribution is 2.19. The fourth-order valence-corrected chi connectivity index (χ4v) is 4.58. The molecule has 0 saturated heterocycles. The minimum absolute atomic E-state index is 0.170. The van der Waals surface area contributed by atoms with Crippen molar-refractivity contribution in [3.05, 3.63) is 59.7 Å². The number of aryl methyl sites for hydroxylation is 1. The van der Waals surface area contributed by atoms with Crippen LogP contribution < -0.4 is 9.62 Å². The Kier molecular flexibility index (Phi) is 7.65. The van der Waals surface area contributed by atoms with Gasteiger partial charge in [0.1, 0.15) is 0 Å². The molecule has 1 amide bonds. The number of anilines is 1. The van der Waals surface area contributed by atoms with Crippen molar-refractivity contribution >= 4 is 31.5 Å². The normalized spacial score (nSPS) is 12.9. The van der Waals surface area contributed by atoms with Crippen molar-refractivity contribution in [3.63, 3.8) is 0 Å². The van der Waals surface area contributed by atoms with Gasteiger partial charge in [0.2, 0.25) is 15.9 Å². The molecule has 0 fully saturated rings. The lowest BCUT2D eigenvalue weighted by atomic mass is 10.1. The van der Waals surface area contributed by atoms with Crippen molar-refractivity contribution in [2.24, 2.45) is 0 Å². The second-order valence-corrected chi connectivity index (χ2v) is 11.3. The van der Waals surface area contributed by atoms with Gasteiger partial charge in [-0.15, -0.1) is 0 Å². The Morgan fingerprint density at radius 2 is 1.53 bits per heavy atom. The monoisotopic (exact) mass is 452 g/mol. The van der Waals surface area contributed by atoms with E-state index in [0.717, 1.165) is 23.6 Å². The molecule has 9 heteroatoms. The van der Waals surface area contributed by atoms with Gasteiger partial charge in [0.15, 0.2) is 9.84 Å². The molecule has 0 saturated carbocycles. The van der Waals surface area contributed by atoms with Crippen LogP contribution in [0.4, 0.5) is 5.69 Å². The molecule has 0 aliphatic rings. The first-order chi connectivity index (χ1) is 13.9. The first-order valence-electron chi connectivity index (χ1n) is 9.51. The van der Waals surface area contributed by atoms with Gasteiger partial charge < -0.3 is 5.32 Å². The molecule has 2 aromatic rings. The van der Waals surface area contributed by atoms with Crippen LogP contribution in [0.25, 0.3) is 0 Å². The second-order valence-electron chi connectivity index (χ2n) is 7.40. The molecule has 30 heavy (non-hydrogen) atoms. The molecule has 2 aromatic carbocycles. The molecule has 0 heterocycles. The average molecular weight is 453 g/mol. The summed E-state index contributed by atoms with van der Waals surface area (Å²) in [4.78, 5) is 12.5. The Morgan fingerprint density at radius 3 is 2.03 bits per heavy atom. The molecule has 0 radical (unpaired) electrons. The zero-order valence-electron chi connectivity index (χ0n) is 17.6. The smallest absolute Gasteiger partial charge is 0.232 e. The van der Waals surface area contributed by atoms with Crippen molar-refractivity contribution < 1.29 is 21.6 Å². The Bertz CT molecular complexity index is 1080. The fraction of sp³-hybridized carbons (Fsp3) is 0.381. The van der Waals surface area contributed by atoms with Gasteiger partial charge in [-0.05, 0) is 50.1 Å². The highest BCUT2D eigenvalue weighted by atomic mass is 32.2. The molecule has 0 unspecified atom stereocenters. The van der Waals surface area contributed by atoms with Crippen LogP contribution in [0.1, 0.15) is 36.9 Å². The Balaban J connectivity index is 1.93. The van der Waals surface area contributed by atoms with Crippen molar-refractivity contribution in [1.29, 1.82) is 0 Å². The number of hydrogen-bond donors (Lipinski definition) is 1. The minimum atomic E-state index is -3.46. The zero-order valence-corrected chi connectivity index (χ0v) is 19.3. The summed E-state index contributed by atoms with van der Waals surface area (Å²) in [7, 11) is -6.73. The van der Waals surface area contributed by atoms with E-state index in [4.69, 9.17) is 0 Å². The van der Waals surface area contributed by atoms with Gasteiger partial charge in [-0.1, -0.05) is 29.8 Å². The van der Waals surface area contributed by atoms with Gasteiger partial charge in [0.05, 0.1) is 22.9 Å². The number of sulfonamides is 1. The van der Waals surface area contributed by atoms with Crippen molar-refractivity contribution in [3.8, 4) is 0 Å². The van der Waals surface area contributed by atoms with Crippen LogP contribution in [0.2, 0.25) is 0 Å². The predicted octanol–water partition coefficient (Wildman–Crippen LogP) is 2.82. The maximum absolute atomic E-state index is 12.3. The summed E-state index contributed by atoms with van der Waals surface area (Å²) in [6, 6.07) is 13.3. The molecule has 0 spiro atoms. The third-order valence-corrected chi connectivity index (χ3v) is 7.00. The second kappa shape index (κ2) is 9.61. The molecule has 0 bridgehead atoms. The van der Waals surface area contributed by atoms with Gasteiger partial charge in [-0.3, -0.25) is 9.10 Å². The summed E-state index contributed by atoms with van der Waals surface area (Å²) in [5, 5.41) is 2.86. The van der Waals surface area contributed by atoms with Crippen molar-refractivity contribution in [2.75, 3.05) is 23.4 Å². The third kappa shape index (κ3) is 6.84. The van der Waals surface area contributed by atoms with E-state index < -0.39 is 19.9 Å². The molecule has 0 aliphatic heterocycles. The van der Waals surface area contributed by atoms with Crippen molar-refractivity contribution in [2.45, 2.75) is 37.6 Å². The largest absolute Gasteiger partial charge is 0.350 e. The lowest BCUT2D eigenvalue weighted by Gasteiger charge is -2.22. The number of sulfone groups is 1. The molecule has 2 rings (SSSR count). The van der Waals surface area contributed by atoms with E-state index in [1.54, 1.807) is 24.3 Å². The molecular weight excluding hydrogens is 424 g/mol. The molecular formula is C21H28N2O5S2. The number of benzene rings is 2. The van der Waals surface area contributed by atoms with Crippen LogP contribution in [0, 0.1) is 6.92 Å². The Hall–Kier alpha value is -2.39. The standard InChI is InChI=1S/C21H28N2O5S2/c1-16-7-11-19(12-8-16)23(30(4,27)28)15-5-6-21(24)22-17(2)18-9-13-20(14-10-18)29(3,25)26/h7-14,17H,5-6,15H2,1-4H3,(H,22,24)/t17-/m0/s1. The number of carbonyl (C=O) groups is 1. The summed E-state index contributed by atoms with van der Waals surface area (Å²) in [5.74, 6) is -0.202. The molecule has 1 atom stereocenters. The lowest BCUT2D eigenvalue weighted by molar-refractivity contribution is -0.121. The number of nitrogens with zero attached hydrogens (tertiary/aromatic N) is 1. The maximum Gasteiger partial charge on any atom is 0.232 e. The van der Waals surface area contributed by atoms with Crippen LogP contribution in [0.15, 0.2) is 53.4 Å². The minimum Gasteiger partial charge on any atom is -0.350 e. The van der Waals surface area contributed by atoms with E-state index in [9.17, 15) is 21.6 Å². The van der Waals surface area contributed by atoms with Gasteiger partial charge in [0, 0.05) is 19.2 Å². The first kappa shape index (κ1) is 23.9. The van der Waals surface area contributed by atoms with Crippen LogP contribution in [0.3, 0.4) is 0 Å². The zero-order chi connectivity index (χ0) is 22.5. The van der Waals surface area contributed by atoms with E-state index in [1.165, 1.54) is 16.4 Å². The summed E-state index contributed by atoms with van der Waals surface area (Å²) in [6.07, 6.45) is 2.83. The number of carbonyl (C=O) groups excluding carboxylic acids is 1. The van der Waals surface area contributed by atoms with Gasteiger partial charge in [-0.25, -0.2) is 16.8 Å². The summed E-state index contributed by atoms with van der Waals surface area (Å²) >= 11 is 0. The quantitative estimate of drug-likeness (QED) is 0.631. The van der Waals surface area contributed by atoms with Crippen LogP contribution in [-0.2, 0) is 24.7 Å². The number of amides is 1. The molecule has 7 nitrogen and oxygen atoms in total. The molecule has 164 valence electrons. The van der Waals surface area contributed by atoms with Crippen LogP contribution >= 0.6 is 0 Å². The fourth-order valence-electron chi connectivity index (χ4n) is 2.98. The van der Waals surface area contributed by atoms with E-state index >= 15 is 0 Å². The summed E-state index contributed by atoms with van der Waals surface area (Å²) < 4.78 is 48.6. The molecule has 1 N–H and O–H groups in total. The summed E-state index contributed by atoms with van der Waals surface area (Å²) in [6.45, 7) is 3.93. The first-order valence-corrected chi connectivity index (χ1v) is 13.3. The predicted molar refractivity (Wildman–Crippen MR) is 119 cm³/mol. The van der Waals surface area contributed by atoms with Crippen molar-refractivity contribution in [1.82, 2.24) is 5.32 Å². The summed E-state index contributed by atoms with van der Waals surface area (Å²) in [5.41, 5.74) is 2.39. The SMILES string of the molecule is Cc1ccc(N(CCCC(=O)N[C@@H](C)c2ccc(S(C)(=O)=O)cc2)S(C)(=O)=O)cc1. The van der Waals surface area contributed by atoms with E-state index in [-0.39, 0.29) is 29.8 Å². The number of nitrogens with one attached hydrogen (secondary N) is 1. The highest BCUT2D eigenvalue weighted by Gasteiger charge is 2.18. The van der Waals surface area contributed by atoms with E-state index in [0.29, 0.717) is 12.1 Å². The average Bonchev–Trinajstić information content (AvgIpc) is 2.64. The molecule has 0 aliphatic carbocycles. The lowest BCUT2D eigenvalue weighted by Crippen LogP contribution is -2.32. The van der Waals surface area contributed by atoms with E-state index in [2.05, 4.69) is 5.32 Å². The topological polar surface area (TPSA) is 101 Å². The Morgan fingerprint density at radius 1 is 0.967 bits per heavy atom. The van der Waals surface area contributed by atoms with Gasteiger partial charge in [-0.2, -0.15) is 0 Å². The Labute approximate surface area is 179 Å². The maximum atomic E-state index is 12.3. The number of hydrogen-bond acceptors (Lipinski definition) is 5. The molecule has 0 aromatic heterocycles. The van der Waals surface area contributed by atoms with Crippen LogP contribution in [0.5, 0.6) is 0 Å². The van der Waals surface area contributed by atoms with Gasteiger partial charge in [0.25, 0.3) is 0 Å². The highest BCUT2D eigenvalue weighted by molar-refractivity contribution is 7.92.